The number of aromatic carboxylic acids is 1. The van der Waals surface area contributed by atoms with Gasteiger partial charge in [0, 0.05) is 5.54 Å². The van der Waals surface area contributed by atoms with E-state index in [1.54, 1.807) is 0 Å². The number of carboxylic acid groups (broad SMARTS) is 1. The van der Waals surface area contributed by atoms with Crippen LogP contribution in [0.4, 0.5) is 0 Å². The van der Waals surface area contributed by atoms with Crippen molar-refractivity contribution in [2.75, 3.05) is 7.11 Å². The van der Waals surface area contributed by atoms with Crippen molar-refractivity contribution in [2.45, 2.75) is 26.3 Å². The van der Waals surface area contributed by atoms with Crippen LogP contribution in [0.5, 0.6) is 6.01 Å². The van der Waals surface area contributed by atoms with Crippen LogP contribution in [-0.2, 0) is 5.54 Å². The van der Waals surface area contributed by atoms with Gasteiger partial charge in [-0.05, 0) is 20.8 Å². The normalized spacial score (nSPS) is 11.4. The van der Waals surface area contributed by atoms with Gasteiger partial charge >= 0.3 is 12.0 Å². The number of hydrogen-bond acceptors (Lipinski definition) is 4. The van der Waals surface area contributed by atoms with Gasteiger partial charge in [0.2, 0.25) is 5.82 Å². The molecule has 0 unspecified atom stereocenters. The molecule has 0 radical (unpaired) electrons. The van der Waals surface area contributed by atoms with Crippen molar-refractivity contribution in [3.63, 3.8) is 0 Å². The van der Waals surface area contributed by atoms with Crippen molar-refractivity contribution >= 4 is 5.97 Å². The fraction of sp³-hybridized carbons (Fsp3) is 0.625. The summed E-state index contributed by atoms with van der Waals surface area (Å²) in [7, 11) is 1.43. The first kappa shape index (κ1) is 10.5. The van der Waals surface area contributed by atoms with Gasteiger partial charge in [0.05, 0.1) is 7.11 Å². The lowest BCUT2D eigenvalue weighted by Gasteiger charge is -2.22. The molecular weight excluding hydrogens is 186 g/mol. The third-order valence-electron chi connectivity index (χ3n) is 1.68. The zero-order chi connectivity index (χ0) is 10.9. The number of hydrogen-bond donors (Lipinski definition) is 1. The fourth-order valence-electron chi connectivity index (χ4n) is 1.15. The Morgan fingerprint density at radius 2 is 2.00 bits per heavy atom. The van der Waals surface area contributed by atoms with E-state index >= 15 is 0 Å². The molecule has 1 aromatic heterocycles. The summed E-state index contributed by atoms with van der Waals surface area (Å²) in [6.07, 6.45) is 0. The van der Waals surface area contributed by atoms with Gasteiger partial charge in [0.25, 0.3) is 0 Å². The van der Waals surface area contributed by atoms with Gasteiger partial charge in [0.15, 0.2) is 0 Å². The van der Waals surface area contributed by atoms with E-state index < -0.39 is 11.5 Å². The lowest BCUT2D eigenvalue weighted by molar-refractivity contribution is 0.0668. The second kappa shape index (κ2) is 3.28. The van der Waals surface area contributed by atoms with Crippen LogP contribution >= 0.6 is 0 Å². The second-order valence-electron chi connectivity index (χ2n) is 3.82. The van der Waals surface area contributed by atoms with Crippen molar-refractivity contribution in [1.29, 1.82) is 0 Å². The highest BCUT2D eigenvalue weighted by molar-refractivity contribution is 5.83. The molecule has 6 heteroatoms. The van der Waals surface area contributed by atoms with Crippen LogP contribution in [0.15, 0.2) is 0 Å². The topological polar surface area (TPSA) is 77.2 Å². The Kier molecular flexibility index (Phi) is 2.46. The second-order valence-corrected chi connectivity index (χ2v) is 3.82. The highest BCUT2D eigenvalue weighted by atomic mass is 16.5. The van der Waals surface area contributed by atoms with Gasteiger partial charge in [-0.3, -0.25) is 4.57 Å². The molecule has 1 N–H and O–H groups in total. The number of methoxy groups -OCH3 is 1. The summed E-state index contributed by atoms with van der Waals surface area (Å²) in [4.78, 5) is 10.8. The summed E-state index contributed by atoms with van der Waals surface area (Å²) in [6.45, 7) is 5.56. The first-order valence-electron chi connectivity index (χ1n) is 4.11. The van der Waals surface area contributed by atoms with Gasteiger partial charge in [-0.25, -0.2) is 4.79 Å². The summed E-state index contributed by atoms with van der Waals surface area (Å²) in [5, 5.41) is 16.0. The van der Waals surface area contributed by atoms with Crippen molar-refractivity contribution in [3.8, 4) is 6.01 Å². The highest BCUT2D eigenvalue weighted by Crippen LogP contribution is 2.22. The summed E-state index contributed by atoms with van der Waals surface area (Å²) in [5.74, 6) is -1.23. The smallest absolute Gasteiger partial charge is 0.374 e. The number of rotatable bonds is 2. The predicted octanol–water partition coefficient (Wildman–Crippen LogP) is 0.740. The van der Waals surface area contributed by atoms with Crippen molar-refractivity contribution in [2.24, 2.45) is 0 Å². The molecule has 0 bridgehead atoms. The number of ether oxygens (including phenoxy) is 1. The first-order chi connectivity index (χ1) is 6.38. The van der Waals surface area contributed by atoms with E-state index in [9.17, 15) is 4.79 Å². The van der Waals surface area contributed by atoms with E-state index in [4.69, 9.17) is 9.84 Å². The monoisotopic (exact) mass is 199 g/mol. The Morgan fingerprint density at radius 1 is 1.43 bits per heavy atom. The van der Waals surface area contributed by atoms with E-state index in [1.165, 1.54) is 11.7 Å². The molecular formula is C8H13N3O3. The molecule has 0 saturated carbocycles. The summed E-state index contributed by atoms with van der Waals surface area (Å²) in [6, 6.07) is 0.204. The molecule has 1 heterocycles. The van der Waals surface area contributed by atoms with Crippen LogP contribution in [0.25, 0.3) is 0 Å². The van der Waals surface area contributed by atoms with Crippen LogP contribution in [0, 0.1) is 0 Å². The van der Waals surface area contributed by atoms with E-state index in [0.717, 1.165) is 0 Å². The van der Waals surface area contributed by atoms with Crippen LogP contribution in [0.3, 0.4) is 0 Å². The molecule has 14 heavy (non-hydrogen) atoms. The van der Waals surface area contributed by atoms with E-state index in [2.05, 4.69) is 10.2 Å². The minimum atomic E-state index is -1.12. The molecule has 0 fully saturated rings. The Bertz CT molecular complexity index is 351. The quantitative estimate of drug-likeness (QED) is 0.760. The maximum atomic E-state index is 10.8. The molecule has 0 aliphatic heterocycles. The number of carbonyl (C=O) groups is 1. The van der Waals surface area contributed by atoms with Gasteiger partial charge in [-0.1, -0.05) is 5.10 Å². The molecule has 0 aliphatic carbocycles. The van der Waals surface area contributed by atoms with Gasteiger partial charge in [0.1, 0.15) is 0 Å². The van der Waals surface area contributed by atoms with Crippen LogP contribution < -0.4 is 4.74 Å². The number of carboxylic acids is 1. The molecule has 1 aromatic rings. The molecule has 0 saturated heterocycles. The third-order valence-corrected chi connectivity index (χ3v) is 1.68. The molecule has 1 rings (SSSR count). The molecule has 0 atom stereocenters. The van der Waals surface area contributed by atoms with Crippen LogP contribution in [0.1, 0.15) is 31.4 Å². The standard InChI is InChI=1S/C8H13N3O3/c1-8(2,3)11-5(6(12)13)9-10-7(11)14-4/h1-4H3,(H,12,13). The van der Waals surface area contributed by atoms with Crippen LogP contribution in [-0.4, -0.2) is 33.0 Å². The predicted molar refractivity (Wildman–Crippen MR) is 48.5 cm³/mol. The van der Waals surface area contributed by atoms with E-state index in [-0.39, 0.29) is 11.8 Å². The maximum Gasteiger partial charge on any atom is 0.374 e. The average molecular weight is 199 g/mol. The largest absolute Gasteiger partial charge is 0.475 e. The van der Waals surface area contributed by atoms with Gasteiger partial charge in [-0.15, -0.1) is 5.10 Å². The van der Waals surface area contributed by atoms with Crippen LogP contribution in [0.2, 0.25) is 0 Å². The summed E-state index contributed by atoms with van der Waals surface area (Å²) < 4.78 is 6.37. The Balaban J connectivity index is 3.34. The molecule has 0 amide bonds. The Labute approximate surface area is 81.5 Å². The third kappa shape index (κ3) is 1.68. The Morgan fingerprint density at radius 3 is 2.36 bits per heavy atom. The molecule has 78 valence electrons. The molecule has 0 spiro atoms. The Hall–Kier alpha value is -1.59. The molecule has 6 nitrogen and oxygen atoms in total. The van der Waals surface area contributed by atoms with E-state index in [0.29, 0.717) is 0 Å². The van der Waals surface area contributed by atoms with Crippen molar-refractivity contribution < 1.29 is 14.6 Å². The fourth-order valence-corrected chi connectivity index (χ4v) is 1.15. The minimum absolute atomic E-state index is 0.116. The lowest BCUT2D eigenvalue weighted by atomic mass is 10.1. The van der Waals surface area contributed by atoms with E-state index in [1.807, 2.05) is 20.8 Å². The summed E-state index contributed by atoms with van der Waals surface area (Å²) >= 11 is 0. The minimum Gasteiger partial charge on any atom is -0.475 e. The maximum absolute atomic E-state index is 10.8. The SMILES string of the molecule is COc1nnc(C(=O)O)n1C(C)(C)C. The zero-order valence-electron chi connectivity index (χ0n) is 8.61. The summed E-state index contributed by atoms with van der Waals surface area (Å²) in [5.41, 5.74) is -0.428. The zero-order valence-corrected chi connectivity index (χ0v) is 8.61. The lowest BCUT2D eigenvalue weighted by Crippen LogP contribution is -2.26. The first-order valence-corrected chi connectivity index (χ1v) is 4.11. The average Bonchev–Trinajstić information content (AvgIpc) is 2.45. The number of nitrogens with zero attached hydrogens (tertiary/aromatic N) is 3. The molecule has 0 aromatic carbocycles. The van der Waals surface area contributed by atoms with Crippen molar-refractivity contribution in [3.05, 3.63) is 5.82 Å². The van der Waals surface area contributed by atoms with Gasteiger partial charge in [-0.2, -0.15) is 0 Å². The molecule has 0 aliphatic rings. The van der Waals surface area contributed by atoms with Gasteiger partial charge < -0.3 is 9.84 Å². The number of aromatic nitrogens is 3. The van der Waals surface area contributed by atoms with Crippen molar-refractivity contribution in [1.82, 2.24) is 14.8 Å². The highest BCUT2D eigenvalue weighted by Gasteiger charge is 2.27.